The smallest absolute Gasteiger partial charge is 0.227 e. The van der Waals surface area contributed by atoms with Crippen molar-refractivity contribution in [3.63, 3.8) is 0 Å². The van der Waals surface area contributed by atoms with Gasteiger partial charge in [-0.2, -0.15) is 0 Å². The molecule has 0 spiro atoms. The van der Waals surface area contributed by atoms with Gasteiger partial charge in [0.05, 0.1) is 5.92 Å². The zero-order chi connectivity index (χ0) is 15.7. The van der Waals surface area contributed by atoms with Crippen LogP contribution < -0.4 is 16.4 Å². The number of hydrogen-bond donors (Lipinski definition) is 2. The minimum Gasteiger partial charge on any atom is -0.399 e. The highest BCUT2D eigenvalue weighted by molar-refractivity contribution is 6.00. The fraction of sp³-hybridized carbons (Fsp3) is 0.176. The highest BCUT2D eigenvalue weighted by Gasteiger charge is 2.33. The standard InChI is InChI=1S/C17H17N3O2/c18-14-5-1-11(2-6-14)12-3-7-15(8-4-12)20-10-13(17(19)22)9-16(20)21/h1-8,13H,9-10,18H2,(H2,19,22). The van der Waals surface area contributed by atoms with E-state index in [-0.39, 0.29) is 12.3 Å². The van der Waals surface area contributed by atoms with Crippen LogP contribution in [0, 0.1) is 5.92 Å². The Morgan fingerprint density at radius 3 is 2.05 bits per heavy atom. The number of carbonyl (C=O) groups excluding carboxylic acids is 2. The minimum absolute atomic E-state index is 0.0657. The van der Waals surface area contributed by atoms with Gasteiger partial charge in [0.1, 0.15) is 0 Å². The molecule has 4 N–H and O–H groups in total. The van der Waals surface area contributed by atoms with Crippen molar-refractivity contribution < 1.29 is 9.59 Å². The number of amides is 2. The summed E-state index contributed by atoms with van der Waals surface area (Å²) < 4.78 is 0. The number of nitrogens with zero attached hydrogens (tertiary/aromatic N) is 1. The van der Waals surface area contributed by atoms with E-state index in [0.717, 1.165) is 22.5 Å². The molecule has 0 radical (unpaired) electrons. The molecule has 2 aromatic rings. The average Bonchev–Trinajstić information content (AvgIpc) is 2.91. The maximum absolute atomic E-state index is 12.0. The number of carbonyl (C=O) groups is 2. The van der Waals surface area contributed by atoms with E-state index in [1.165, 1.54) is 0 Å². The van der Waals surface area contributed by atoms with E-state index in [1.807, 2.05) is 48.5 Å². The summed E-state index contributed by atoms with van der Waals surface area (Å²) in [6.07, 6.45) is 0.190. The maximum Gasteiger partial charge on any atom is 0.227 e. The normalized spacial score (nSPS) is 17.7. The zero-order valence-corrected chi connectivity index (χ0v) is 12.0. The van der Waals surface area contributed by atoms with Crippen molar-refractivity contribution in [2.45, 2.75) is 6.42 Å². The molecule has 5 nitrogen and oxygen atoms in total. The molecule has 1 aliphatic rings. The predicted octanol–water partition coefficient (Wildman–Crippen LogP) is 1.77. The molecule has 22 heavy (non-hydrogen) atoms. The predicted molar refractivity (Wildman–Crippen MR) is 85.9 cm³/mol. The molecule has 1 saturated heterocycles. The quantitative estimate of drug-likeness (QED) is 0.846. The van der Waals surface area contributed by atoms with Gasteiger partial charge < -0.3 is 16.4 Å². The van der Waals surface area contributed by atoms with Crippen LogP contribution in [0.3, 0.4) is 0 Å². The van der Waals surface area contributed by atoms with Crippen LogP contribution in [0.5, 0.6) is 0 Å². The number of primary amides is 1. The van der Waals surface area contributed by atoms with Crippen LogP contribution in [-0.2, 0) is 9.59 Å². The molecule has 1 atom stereocenters. The molecular weight excluding hydrogens is 278 g/mol. The van der Waals surface area contributed by atoms with Gasteiger partial charge in [-0.1, -0.05) is 24.3 Å². The highest BCUT2D eigenvalue weighted by atomic mass is 16.2. The van der Waals surface area contributed by atoms with Crippen molar-refractivity contribution in [2.24, 2.45) is 11.7 Å². The first kappa shape index (κ1) is 14.1. The summed E-state index contributed by atoms with van der Waals surface area (Å²) in [7, 11) is 0. The molecule has 2 aromatic carbocycles. The minimum atomic E-state index is -0.422. The van der Waals surface area contributed by atoms with Gasteiger partial charge in [-0.3, -0.25) is 9.59 Å². The average molecular weight is 295 g/mol. The van der Waals surface area contributed by atoms with Crippen molar-refractivity contribution in [3.05, 3.63) is 48.5 Å². The second-order valence-corrected chi connectivity index (χ2v) is 5.48. The summed E-state index contributed by atoms with van der Waals surface area (Å²) in [4.78, 5) is 24.8. The molecule has 1 fully saturated rings. The summed E-state index contributed by atoms with van der Waals surface area (Å²) in [6, 6.07) is 15.3. The van der Waals surface area contributed by atoms with Gasteiger partial charge in [-0.25, -0.2) is 0 Å². The van der Waals surface area contributed by atoms with Crippen LogP contribution in [0.15, 0.2) is 48.5 Å². The lowest BCUT2D eigenvalue weighted by Gasteiger charge is -2.16. The first-order chi connectivity index (χ1) is 10.5. The number of nitrogens with two attached hydrogens (primary N) is 2. The van der Waals surface area contributed by atoms with Gasteiger partial charge in [-0.15, -0.1) is 0 Å². The van der Waals surface area contributed by atoms with Crippen LogP contribution in [-0.4, -0.2) is 18.4 Å². The molecule has 2 amide bonds. The number of rotatable bonds is 3. The van der Waals surface area contributed by atoms with Crippen molar-refractivity contribution in [1.82, 2.24) is 0 Å². The first-order valence-electron chi connectivity index (χ1n) is 7.10. The molecule has 1 heterocycles. The van der Waals surface area contributed by atoms with Crippen LogP contribution in [0.1, 0.15) is 6.42 Å². The lowest BCUT2D eigenvalue weighted by molar-refractivity contribution is -0.123. The Morgan fingerprint density at radius 1 is 1.00 bits per heavy atom. The number of nitrogen functional groups attached to an aromatic ring is 1. The SMILES string of the molecule is NC(=O)C1CC(=O)N(c2ccc(-c3ccc(N)cc3)cc2)C1. The summed E-state index contributed by atoms with van der Waals surface area (Å²) in [6.45, 7) is 0.357. The Bertz CT molecular complexity index is 708. The molecule has 1 unspecified atom stereocenters. The van der Waals surface area contributed by atoms with E-state index in [4.69, 9.17) is 11.5 Å². The molecule has 1 aliphatic heterocycles. The van der Waals surface area contributed by atoms with Gasteiger partial charge in [0, 0.05) is 24.3 Å². The lowest BCUT2D eigenvalue weighted by atomic mass is 10.0. The first-order valence-corrected chi connectivity index (χ1v) is 7.10. The third-order valence-electron chi connectivity index (χ3n) is 3.95. The maximum atomic E-state index is 12.0. The molecule has 5 heteroatoms. The summed E-state index contributed by atoms with van der Waals surface area (Å²) in [5, 5.41) is 0. The Hall–Kier alpha value is -2.82. The van der Waals surface area contributed by atoms with E-state index in [0.29, 0.717) is 6.54 Å². The number of hydrogen-bond acceptors (Lipinski definition) is 3. The second-order valence-electron chi connectivity index (χ2n) is 5.48. The van der Waals surface area contributed by atoms with Gasteiger partial charge in [0.25, 0.3) is 0 Å². The zero-order valence-electron chi connectivity index (χ0n) is 12.0. The Morgan fingerprint density at radius 2 is 1.55 bits per heavy atom. The largest absolute Gasteiger partial charge is 0.399 e. The van der Waals surface area contributed by atoms with Crippen LogP contribution in [0.25, 0.3) is 11.1 Å². The van der Waals surface area contributed by atoms with Crippen molar-refractivity contribution in [2.75, 3.05) is 17.2 Å². The molecule has 0 aliphatic carbocycles. The summed E-state index contributed by atoms with van der Waals surface area (Å²) in [5.74, 6) is -0.886. The lowest BCUT2D eigenvalue weighted by Crippen LogP contribution is -2.28. The summed E-state index contributed by atoms with van der Waals surface area (Å²) >= 11 is 0. The third kappa shape index (κ3) is 2.65. The van der Waals surface area contributed by atoms with Gasteiger partial charge in [0.15, 0.2) is 0 Å². The Labute approximate surface area is 128 Å². The van der Waals surface area contributed by atoms with Gasteiger partial charge >= 0.3 is 0 Å². The molecule has 3 rings (SSSR count). The second kappa shape index (κ2) is 5.52. The molecular formula is C17H17N3O2. The number of benzene rings is 2. The van der Waals surface area contributed by atoms with Gasteiger partial charge in [-0.05, 0) is 35.4 Å². The van der Waals surface area contributed by atoms with Crippen molar-refractivity contribution in [3.8, 4) is 11.1 Å². The highest BCUT2D eigenvalue weighted by Crippen LogP contribution is 2.28. The molecule has 0 bridgehead atoms. The summed E-state index contributed by atoms with van der Waals surface area (Å²) in [5.41, 5.74) is 14.6. The van der Waals surface area contributed by atoms with E-state index < -0.39 is 11.8 Å². The fourth-order valence-corrected chi connectivity index (χ4v) is 2.66. The Kier molecular flexibility index (Phi) is 3.55. The molecule has 0 aromatic heterocycles. The van der Waals surface area contributed by atoms with E-state index >= 15 is 0 Å². The molecule has 112 valence electrons. The van der Waals surface area contributed by atoms with Crippen LogP contribution in [0.4, 0.5) is 11.4 Å². The number of anilines is 2. The van der Waals surface area contributed by atoms with Crippen molar-refractivity contribution >= 4 is 23.2 Å². The third-order valence-corrected chi connectivity index (χ3v) is 3.95. The van der Waals surface area contributed by atoms with Crippen LogP contribution >= 0.6 is 0 Å². The van der Waals surface area contributed by atoms with Crippen molar-refractivity contribution in [1.29, 1.82) is 0 Å². The van der Waals surface area contributed by atoms with Gasteiger partial charge in [0.2, 0.25) is 11.8 Å². The van der Waals surface area contributed by atoms with Crippen LogP contribution in [0.2, 0.25) is 0 Å². The van der Waals surface area contributed by atoms with E-state index in [2.05, 4.69) is 0 Å². The topological polar surface area (TPSA) is 89.4 Å². The Balaban J connectivity index is 1.81. The fourth-order valence-electron chi connectivity index (χ4n) is 2.66. The molecule has 0 saturated carbocycles. The van der Waals surface area contributed by atoms with E-state index in [9.17, 15) is 9.59 Å². The monoisotopic (exact) mass is 295 g/mol. The van der Waals surface area contributed by atoms with E-state index in [1.54, 1.807) is 4.90 Å².